The molecule has 1 nitrogen and oxygen atoms in total. The van der Waals surface area contributed by atoms with Crippen molar-refractivity contribution in [3.8, 4) is 0 Å². The van der Waals surface area contributed by atoms with Crippen molar-refractivity contribution in [3.63, 3.8) is 0 Å². The highest BCUT2D eigenvalue weighted by Gasteiger charge is 2.43. The first-order valence-electron chi connectivity index (χ1n) is 3.92. The van der Waals surface area contributed by atoms with Crippen LogP contribution in [0.15, 0.2) is 0 Å². The summed E-state index contributed by atoms with van der Waals surface area (Å²) in [6.45, 7) is 4.90. The lowest BCUT2D eigenvalue weighted by molar-refractivity contribution is 0.275. The molecular formula is C8H16O. The third kappa shape index (κ3) is 1.26. The van der Waals surface area contributed by atoms with Gasteiger partial charge in [-0.05, 0) is 24.2 Å². The quantitative estimate of drug-likeness (QED) is 0.613. The molecule has 9 heavy (non-hydrogen) atoms. The molecule has 1 heteroatoms. The standard InChI is InChI=1S/C8H16O/c1-3-7-6(2)8(7)4-5-9/h6-9H,3-5H2,1-2H3. The molecule has 0 saturated heterocycles. The molecule has 1 saturated carbocycles. The smallest absolute Gasteiger partial charge is 0.0433 e. The van der Waals surface area contributed by atoms with Crippen molar-refractivity contribution in [2.75, 3.05) is 6.61 Å². The lowest BCUT2D eigenvalue weighted by Crippen LogP contribution is -1.86. The zero-order valence-corrected chi connectivity index (χ0v) is 6.30. The van der Waals surface area contributed by atoms with Gasteiger partial charge in [-0.25, -0.2) is 0 Å². The first kappa shape index (κ1) is 7.07. The Bertz CT molecular complexity index is 90.6. The second kappa shape index (κ2) is 2.70. The number of hydrogen-bond acceptors (Lipinski definition) is 1. The Morgan fingerprint density at radius 3 is 2.33 bits per heavy atom. The zero-order chi connectivity index (χ0) is 6.85. The number of rotatable bonds is 3. The minimum atomic E-state index is 0.380. The van der Waals surface area contributed by atoms with E-state index in [0.717, 1.165) is 24.2 Å². The minimum absolute atomic E-state index is 0.380. The van der Waals surface area contributed by atoms with Gasteiger partial charge in [-0.1, -0.05) is 20.3 Å². The van der Waals surface area contributed by atoms with E-state index in [9.17, 15) is 0 Å². The summed E-state index contributed by atoms with van der Waals surface area (Å²) in [7, 11) is 0. The van der Waals surface area contributed by atoms with Crippen LogP contribution < -0.4 is 0 Å². The van der Waals surface area contributed by atoms with Gasteiger partial charge < -0.3 is 5.11 Å². The van der Waals surface area contributed by atoms with Crippen LogP contribution in [0, 0.1) is 17.8 Å². The predicted octanol–water partition coefficient (Wildman–Crippen LogP) is 1.66. The molecule has 1 fully saturated rings. The summed E-state index contributed by atoms with van der Waals surface area (Å²) in [6, 6.07) is 0. The fourth-order valence-electron chi connectivity index (χ4n) is 1.94. The van der Waals surface area contributed by atoms with Crippen LogP contribution in [0.4, 0.5) is 0 Å². The topological polar surface area (TPSA) is 20.2 Å². The van der Waals surface area contributed by atoms with E-state index in [0.29, 0.717) is 6.61 Å². The van der Waals surface area contributed by atoms with E-state index in [1.165, 1.54) is 6.42 Å². The lowest BCUT2D eigenvalue weighted by atomic mass is 10.2. The summed E-state index contributed by atoms with van der Waals surface area (Å²) < 4.78 is 0. The van der Waals surface area contributed by atoms with Crippen molar-refractivity contribution in [2.24, 2.45) is 17.8 Å². The Morgan fingerprint density at radius 1 is 1.33 bits per heavy atom. The van der Waals surface area contributed by atoms with Gasteiger partial charge in [-0.2, -0.15) is 0 Å². The molecule has 0 spiro atoms. The maximum Gasteiger partial charge on any atom is 0.0433 e. The Balaban J connectivity index is 2.17. The van der Waals surface area contributed by atoms with Crippen molar-refractivity contribution in [2.45, 2.75) is 26.7 Å². The molecule has 1 aliphatic rings. The maximum atomic E-state index is 8.61. The Kier molecular flexibility index (Phi) is 2.12. The van der Waals surface area contributed by atoms with Crippen molar-refractivity contribution >= 4 is 0 Å². The van der Waals surface area contributed by atoms with Gasteiger partial charge in [-0.15, -0.1) is 0 Å². The van der Waals surface area contributed by atoms with Crippen LogP contribution in [-0.2, 0) is 0 Å². The van der Waals surface area contributed by atoms with E-state index in [2.05, 4.69) is 13.8 Å². The largest absolute Gasteiger partial charge is 0.396 e. The van der Waals surface area contributed by atoms with Crippen molar-refractivity contribution in [1.82, 2.24) is 0 Å². The van der Waals surface area contributed by atoms with Gasteiger partial charge in [0.1, 0.15) is 0 Å². The molecule has 3 atom stereocenters. The molecule has 3 unspecified atom stereocenters. The predicted molar refractivity (Wildman–Crippen MR) is 38.1 cm³/mol. The second-order valence-electron chi connectivity index (χ2n) is 3.11. The zero-order valence-electron chi connectivity index (χ0n) is 6.30. The Hall–Kier alpha value is -0.0400. The van der Waals surface area contributed by atoms with Gasteiger partial charge in [0, 0.05) is 6.61 Å². The summed E-state index contributed by atoms with van der Waals surface area (Å²) >= 11 is 0. The molecule has 0 amide bonds. The highest BCUT2D eigenvalue weighted by atomic mass is 16.3. The van der Waals surface area contributed by atoms with Crippen LogP contribution in [0.5, 0.6) is 0 Å². The molecule has 1 aliphatic carbocycles. The molecule has 0 aromatic heterocycles. The molecule has 0 bridgehead atoms. The first-order valence-corrected chi connectivity index (χ1v) is 3.92. The van der Waals surface area contributed by atoms with E-state index < -0.39 is 0 Å². The Morgan fingerprint density at radius 2 is 2.00 bits per heavy atom. The van der Waals surface area contributed by atoms with Crippen molar-refractivity contribution < 1.29 is 5.11 Å². The van der Waals surface area contributed by atoms with Gasteiger partial charge in [0.25, 0.3) is 0 Å². The van der Waals surface area contributed by atoms with Gasteiger partial charge in [0.15, 0.2) is 0 Å². The summed E-state index contributed by atoms with van der Waals surface area (Å²) in [5, 5.41) is 8.61. The van der Waals surface area contributed by atoms with E-state index in [-0.39, 0.29) is 0 Å². The van der Waals surface area contributed by atoms with E-state index in [4.69, 9.17) is 5.11 Å². The molecule has 0 radical (unpaired) electrons. The van der Waals surface area contributed by atoms with E-state index in [1.54, 1.807) is 0 Å². The summed E-state index contributed by atoms with van der Waals surface area (Å²) in [4.78, 5) is 0. The first-order chi connectivity index (χ1) is 4.31. The highest BCUT2D eigenvalue weighted by molar-refractivity contribution is 4.92. The van der Waals surface area contributed by atoms with Gasteiger partial charge in [0.2, 0.25) is 0 Å². The Labute approximate surface area is 57.1 Å². The SMILES string of the molecule is CCC1C(C)C1CCO. The van der Waals surface area contributed by atoms with Crippen LogP contribution >= 0.6 is 0 Å². The van der Waals surface area contributed by atoms with Crippen molar-refractivity contribution in [3.05, 3.63) is 0 Å². The molecule has 54 valence electrons. The average molecular weight is 128 g/mol. The van der Waals surface area contributed by atoms with Gasteiger partial charge in [-0.3, -0.25) is 0 Å². The normalized spacial score (nSPS) is 41.0. The van der Waals surface area contributed by atoms with E-state index in [1.807, 2.05) is 0 Å². The summed E-state index contributed by atoms with van der Waals surface area (Å²) in [5.74, 6) is 2.67. The fraction of sp³-hybridized carbons (Fsp3) is 1.00. The highest BCUT2D eigenvalue weighted by Crippen LogP contribution is 2.49. The lowest BCUT2D eigenvalue weighted by Gasteiger charge is -1.89. The molecule has 1 N–H and O–H groups in total. The van der Waals surface area contributed by atoms with Crippen LogP contribution in [-0.4, -0.2) is 11.7 Å². The number of hydrogen-bond donors (Lipinski definition) is 1. The second-order valence-corrected chi connectivity index (χ2v) is 3.11. The van der Waals surface area contributed by atoms with Crippen LogP contribution in [0.25, 0.3) is 0 Å². The van der Waals surface area contributed by atoms with E-state index >= 15 is 0 Å². The summed E-state index contributed by atoms with van der Waals surface area (Å²) in [6.07, 6.45) is 2.32. The molecule has 0 aromatic carbocycles. The molecule has 0 aromatic rings. The van der Waals surface area contributed by atoms with Crippen LogP contribution in [0.1, 0.15) is 26.7 Å². The number of aliphatic hydroxyl groups is 1. The molecule has 0 aliphatic heterocycles. The summed E-state index contributed by atoms with van der Waals surface area (Å²) in [5.41, 5.74) is 0. The molecule has 0 heterocycles. The minimum Gasteiger partial charge on any atom is -0.396 e. The monoisotopic (exact) mass is 128 g/mol. The third-order valence-electron chi connectivity index (χ3n) is 2.69. The number of aliphatic hydroxyl groups excluding tert-OH is 1. The third-order valence-corrected chi connectivity index (χ3v) is 2.69. The average Bonchev–Trinajstić information content (AvgIpc) is 2.44. The van der Waals surface area contributed by atoms with Crippen LogP contribution in [0.3, 0.4) is 0 Å². The van der Waals surface area contributed by atoms with Gasteiger partial charge in [0.05, 0.1) is 0 Å². The van der Waals surface area contributed by atoms with Crippen molar-refractivity contribution in [1.29, 1.82) is 0 Å². The van der Waals surface area contributed by atoms with Gasteiger partial charge >= 0.3 is 0 Å². The maximum absolute atomic E-state index is 8.61. The molecule has 1 rings (SSSR count). The fourth-order valence-corrected chi connectivity index (χ4v) is 1.94. The molecular weight excluding hydrogens is 112 g/mol. The van der Waals surface area contributed by atoms with Crippen LogP contribution in [0.2, 0.25) is 0 Å².